The first-order valence-corrected chi connectivity index (χ1v) is 4.36. The molecule has 1 rings (SSSR count). The lowest BCUT2D eigenvalue weighted by Crippen LogP contribution is -1.70. The highest BCUT2D eigenvalue weighted by molar-refractivity contribution is 7.79. The number of aromatic nitrogens is 1. The minimum atomic E-state index is 0.817. The van der Waals surface area contributed by atoms with Crippen molar-refractivity contribution in [1.82, 2.24) is 4.98 Å². The number of thiazole rings is 1. The summed E-state index contributed by atoms with van der Waals surface area (Å²) >= 11 is 5.88. The van der Waals surface area contributed by atoms with Gasteiger partial charge in [0.2, 0.25) is 0 Å². The minimum Gasteiger partial charge on any atom is -0.249 e. The predicted octanol–water partition coefficient (Wildman–Crippen LogP) is 2.14. The van der Waals surface area contributed by atoms with E-state index in [1.165, 1.54) is 9.88 Å². The Kier molecular flexibility index (Phi) is 2.54. The van der Waals surface area contributed by atoms with Crippen LogP contribution in [0.4, 0.5) is 0 Å². The van der Waals surface area contributed by atoms with Gasteiger partial charge in [0.05, 0.1) is 5.01 Å². The van der Waals surface area contributed by atoms with Crippen LogP contribution in [0.1, 0.15) is 16.8 Å². The molecule has 1 nitrogen and oxygen atoms in total. The predicted molar refractivity (Wildman–Crippen MR) is 44.2 cm³/mol. The van der Waals surface area contributed by atoms with Crippen LogP contribution in [0.5, 0.6) is 0 Å². The van der Waals surface area contributed by atoms with Crippen molar-refractivity contribution in [3.05, 3.63) is 16.1 Å². The summed E-state index contributed by atoms with van der Waals surface area (Å²) in [5.41, 5.74) is 0. The van der Waals surface area contributed by atoms with Crippen molar-refractivity contribution in [2.45, 2.75) is 19.1 Å². The Morgan fingerprint density at radius 1 is 1.78 bits per heavy atom. The van der Waals surface area contributed by atoms with Crippen molar-refractivity contribution < 1.29 is 0 Å². The Bertz CT molecular complexity index is 164. The number of nitrogens with zero attached hydrogens (tertiary/aromatic N) is 1. The first kappa shape index (κ1) is 7.09. The highest BCUT2D eigenvalue weighted by atomic mass is 32.1. The number of rotatable bonds is 2. The zero-order chi connectivity index (χ0) is 6.69. The standard InChI is InChI=1S/C6H9NS2/c1-2-6-7-3-5(4-8)9-6/h3,8H,2,4H2,1H3. The van der Waals surface area contributed by atoms with Crippen molar-refractivity contribution in [3.63, 3.8) is 0 Å². The van der Waals surface area contributed by atoms with Crippen molar-refractivity contribution in [2.24, 2.45) is 0 Å². The van der Waals surface area contributed by atoms with E-state index in [1.54, 1.807) is 11.3 Å². The van der Waals surface area contributed by atoms with Crippen LogP contribution >= 0.6 is 24.0 Å². The van der Waals surface area contributed by atoms with Crippen LogP contribution in [0.2, 0.25) is 0 Å². The molecule has 0 fully saturated rings. The van der Waals surface area contributed by atoms with Crippen molar-refractivity contribution in [2.75, 3.05) is 0 Å². The molecule has 0 aliphatic carbocycles. The molecule has 1 aromatic rings. The summed E-state index contributed by atoms with van der Waals surface area (Å²) in [6.07, 6.45) is 2.94. The lowest BCUT2D eigenvalue weighted by molar-refractivity contribution is 1.09. The van der Waals surface area contributed by atoms with Crippen molar-refractivity contribution in [3.8, 4) is 0 Å². The van der Waals surface area contributed by atoms with Crippen LogP contribution in [0.15, 0.2) is 6.20 Å². The molecule has 0 atom stereocenters. The molecule has 0 N–H and O–H groups in total. The molecule has 9 heavy (non-hydrogen) atoms. The molecular weight excluding hydrogens is 150 g/mol. The van der Waals surface area contributed by atoms with Gasteiger partial charge in [-0.15, -0.1) is 11.3 Å². The molecule has 0 amide bonds. The molecule has 0 unspecified atom stereocenters. The second-order valence-electron chi connectivity index (χ2n) is 1.73. The molecule has 50 valence electrons. The van der Waals surface area contributed by atoms with E-state index in [9.17, 15) is 0 Å². The maximum absolute atomic E-state index is 4.18. The first-order valence-electron chi connectivity index (χ1n) is 2.91. The van der Waals surface area contributed by atoms with E-state index in [1.807, 2.05) is 6.20 Å². The molecule has 0 radical (unpaired) electrons. The van der Waals surface area contributed by atoms with E-state index in [-0.39, 0.29) is 0 Å². The first-order chi connectivity index (χ1) is 4.36. The Morgan fingerprint density at radius 3 is 2.89 bits per heavy atom. The van der Waals surface area contributed by atoms with Gasteiger partial charge in [-0.3, -0.25) is 0 Å². The van der Waals surface area contributed by atoms with Crippen molar-refractivity contribution >= 4 is 24.0 Å². The number of hydrogen-bond donors (Lipinski definition) is 1. The molecule has 3 heteroatoms. The third-order valence-corrected chi connectivity index (χ3v) is 2.76. The minimum absolute atomic E-state index is 0.817. The summed E-state index contributed by atoms with van der Waals surface area (Å²) in [5.74, 6) is 0.817. The van der Waals surface area contributed by atoms with Crippen LogP contribution in [0.3, 0.4) is 0 Å². The molecular formula is C6H9NS2. The molecule has 0 aromatic carbocycles. The third-order valence-electron chi connectivity index (χ3n) is 1.06. The topological polar surface area (TPSA) is 12.9 Å². The molecule has 1 aromatic heterocycles. The van der Waals surface area contributed by atoms with E-state index in [0.717, 1.165) is 12.2 Å². The van der Waals surface area contributed by atoms with E-state index >= 15 is 0 Å². The van der Waals surface area contributed by atoms with Crippen LogP contribution in [0, 0.1) is 0 Å². The van der Waals surface area contributed by atoms with Gasteiger partial charge in [-0.1, -0.05) is 6.92 Å². The summed E-state index contributed by atoms with van der Waals surface area (Å²) in [6.45, 7) is 2.11. The van der Waals surface area contributed by atoms with E-state index in [0.29, 0.717) is 0 Å². The quantitative estimate of drug-likeness (QED) is 0.652. The van der Waals surface area contributed by atoms with E-state index < -0.39 is 0 Å². The van der Waals surface area contributed by atoms with Gasteiger partial charge in [-0.05, 0) is 6.42 Å². The highest BCUT2D eigenvalue weighted by Gasteiger charge is 1.95. The second-order valence-corrected chi connectivity index (χ2v) is 3.25. The molecule has 1 heterocycles. The summed E-state index contributed by atoms with van der Waals surface area (Å²) in [4.78, 5) is 5.43. The maximum atomic E-state index is 4.18. The number of thiol groups is 1. The van der Waals surface area contributed by atoms with Gasteiger partial charge in [-0.25, -0.2) is 4.98 Å². The maximum Gasteiger partial charge on any atom is 0.0925 e. The Labute approximate surface area is 64.5 Å². The number of aryl methyl sites for hydroxylation is 1. The van der Waals surface area contributed by atoms with Gasteiger partial charge in [0, 0.05) is 16.8 Å². The normalized spacial score (nSPS) is 10.0. The summed E-state index contributed by atoms with van der Waals surface area (Å²) in [5, 5.41) is 1.21. The van der Waals surface area contributed by atoms with Gasteiger partial charge in [0.25, 0.3) is 0 Å². The van der Waals surface area contributed by atoms with Gasteiger partial charge in [0.1, 0.15) is 0 Å². The summed E-state index contributed by atoms with van der Waals surface area (Å²) in [7, 11) is 0. The summed E-state index contributed by atoms with van der Waals surface area (Å²) < 4.78 is 0. The Morgan fingerprint density at radius 2 is 2.56 bits per heavy atom. The van der Waals surface area contributed by atoms with Crippen LogP contribution in [-0.2, 0) is 12.2 Å². The summed E-state index contributed by atoms with van der Waals surface area (Å²) in [6, 6.07) is 0. The fourth-order valence-corrected chi connectivity index (χ4v) is 1.58. The average molecular weight is 159 g/mol. The second kappa shape index (κ2) is 3.22. The molecule has 0 aliphatic rings. The highest BCUT2D eigenvalue weighted by Crippen LogP contribution is 2.14. The molecule has 0 spiro atoms. The third kappa shape index (κ3) is 1.69. The smallest absolute Gasteiger partial charge is 0.0925 e. The van der Waals surface area contributed by atoms with Gasteiger partial charge < -0.3 is 0 Å². The zero-order valence-corrected chi connectivity index (χ0v) is 7.01. The van der Waals surface area contributed by atoms with Crippen LogP contribution < -0.4 is 0 Å². The van der Waals surface area contributed by atoms with Crippen molar-refractivity contribution in [1.29, 1.82) is 0 Å². The Hall–Kier alpha value is -0.0200. The van der Waals surface area contributed by atoms with E-state index in [4.69, 9.17) is 0 Å². The fraction of sp³-hybridized carbons (Fsp3) is 0.500. The van der Waals surface area contributed by atoms with Crippen LogP contribution in [0.25, 0.3) is 0 Å². The molecule has 0 bridgehead atoms. The molecule has 0 saturated carbocycles. The van der Waals surface area contributed by atoms with E-state index in [2.05, 4.69) is 24.5 Å². The Balaban J connectivity index is 2.74. The monoisotopic (exact) mass is 159 g/mol. The SMILES string of the molecule is CCc1ncc(CS)s1. The largest absolute Gasteiger partial charge is 0.249 e. The number of hydrogen-bond acceptors (Lipinski definition) is 3. The van der Waals surface area contributed by atoms with Gasteiger partial charge in [-0.2, -0.15) is 12.6 Å². The molecule has 0 saturated heterocycles. The lowest BCUT2D eigenvalue weighted by atomic mass is 10.5. The fourth-order valence-electron chi connectivity index (χ4n) is 0.585. The van der Waals surface area contributed by atoms with Crippen LogP contribution in [-0.4, -0.2) is 4.98 Å². The van der Waals surface area contributed by atoms with Gasteiger partial charge >= 0.3 is 0 Å². The van der Waals surface area contributed by atoms with Gasteiger partial charge in [0.15, 0.2) is 0 Å². The lowest BCUT2D eigenvalue weighted by Gasteiger charge is -1.81. The zero-order valence-electron chi connectivity index (χ0n) is 5.29. The average Bonchev–Trinajstić information content (AvgIpc) is 2.34. The molecule has 0 aliphatic heterocycles.